The Morgan fingerprint density at radius 2 is 2.00 bits per heavy atom. The molecular formula is C19H16N4S2. The van der Waals surface area contributed by atoms with Crippen LogP contribution in [0.15, 0.2) is 46.7 Å². The Hall–Kier alpha value is -2.18. The SMILES string of the molecule is CCc1cc2c(s1)SCCc1cc3nnc(-c4ccccc4)n3nc1-2. The van der Waals surface area contributed by atoms with E-state index in [2.05, 4.69) is 29.3 Å². The van der Waals surface area contributed by atoms with Gasteiger partial charge in [0.1, 0.15) is 0 Å². The third kappa shape index (κ3) is 2.48. The number of rotatable bonds is 2. The molecule has 3 aromatic heterocycles. The summed E-state index contributed by atoms with van der Waals surface area (Å²) >= 11 is 3.85. The first-order valence-corrected chi connectivity index (χ1v) is 10.2. The summed E-state index contributed by atoms with van der Waals surface area (Å²) in [5.41, 5.74) is 5.47. The summed E-state index contributed by atoms with van der Waals surface area (Å²) in [6, 6.07) is 14.6. The van der Waals surface area contributed by atoms with E-state index in [-0.39, 0.29) is 0 Å². The van der Waals surface area contributed by atoms with Crippen LogP contribution >= 0.6 is 23.1 Å². The lowest BCUT2D eigenvalue weighted by molar-refractivity contribution is 0.924. The standard InChI is InChI=1S/C19H16N4S2/c1-2-14-11-15-17-13(8-9-24-19(15)25-14)10-16-20-21-18(23(16)22-17)12-6-4-3-5-7-12/h3-7,10-11H,2,8-9H2,1H3. The zero-order chi connectivity index (χ0) is 16.8. The molecule has 0 fully saturated rings. The Bertz CT molecular complexity index is 1070. The van der Waals surface area contributed by atoms with Crippen molar-refractivity contribution in [2.75, 3.05) is 5.75 Å². The van der Waals surface area contributed by atoms with Crippen LogP contribution in [0.4, 0.5) is 0 Å². The lowest BCUT2D eigenvalue weighted by Gasteiger charge is -2.06. The topological polar surface area (TPSA) is 43.1 Å². The molecule has 6 heteroatoms. The Morgan fingerprint density at radius 1 is 1.12 bits per heavy atom. The highest BCUT2D eigenvalue weighted by molar-refractivity contribution is 8.01. The average molecular weight is 364 g/mol. The van der Waals surface area contributed by atoms with Gasteiger partial charge in [-0.05, 0) is 30.5 Å². The fourth-order valence-electron chi connectivity index (χ4n) is 3.18. The third-order valence-corrected chi connectivity index (χ3v) is 7.03. The summed E-state index contributed by atoms with van der Waals surface area (Å²) in [6.07, 6.45) is 2.08. The molecule has 1 aromatic carbocycles. The molecule has 0 unspecified atom stereocenters. The lowest BCUT2D eigenvalue weighted by atomic mass is 10.1. The zero-order valence-electron chi connectivity index (χ0n) is 13.8. The highest BCUT2D eigenvalue weighted by atomic mass is 32.2. The first-order valence-electron chi connectivity index (χ1n) is 8.40. The monoisotopic (exact) mass is 364 g/mol. The van der Waals surface area contributed by atoms with Gasteiger partial charge in [0.15, 0.2) is 11.5 Å². The smallest absolute Gasteiger partial charge is 0.185 e. The van der Waals surface area contributed by atoms with E-state index < -0.39 is 0 Å². The first-order chi connectivity index (χ1) is 12.3. The molecule has 5 rings (SSSR count). The summed E-state index contributed by atoms with van der Waals surface area (Å²) in [6.45, 7) is 2.21. The minimum absolute atomic E-state index is 0.794. The number of benzene rings is 1. The maximum absolute atomic E-state index is 4.99. The number of thioether (sulfide) groups is 1. The molecule has 0 aliphatic carbocycles. The second-order valence-corrected chi connectivity index (χ2v) is 8.54. The molecule has 0 saturated heterocycles. The minimum atomic E-state index is 0.794. The maximum atomic E-state index is 4.99. The van der Waals surface area contributed by atoms with Gasteiger partial charge in [-0.25, -0.2) is 0 Å². The predicted octanol–water partition coefficient (Wildman–Crippen LogP) is 4.73. The van der Waals surface area contributed by atoms with Crippen molar-refractivity contribution < 1.29 is 0 Å². The largest absolute Gasteiger partial charge is 0.192 e. The summed E-state index contributed by atoms with van der Waals surface area (Å²) in [4.78, 5) is 1.42. The molecule has 4 aromatic rings. The molecule has 4 heterocycles. The van der Waals surface area contributed by atoms with E-state index in [1.54, 1.807) is 0 Å². The normalized spacial score (nSPS) is 13.5. The van der Waals surface area contributed by atoms with Crippen LogP contribution in [0.3, 0.4) is 0 Å². The summed E-state index contributed by atoms with van der Waals surface area (Å²) in [5, 5.41) is 13.7. The van der Waals surface area contributed by atoms with Crippen LogP contribution in [0.2, 0.25) is 0 Å². The number of aromatic nitrogens is 4. The van der Waals surface area contributed by atoms with Crippen molar-refractivity contribution in [2.45, 2.75) is 24.0 Å². The van der Waals surface area contributed by atoms with Gasteiger partial charge in [-0.3, -0.25) is 0 Å². The highest BCUT2D eigenvalue weighted by Crippen LogP contribution is 2.42. The molecule has 0 amide bonds. The molecule has 0 bridgehead atoms. The molecule has 1 aliphatic rings. The molecule has 0 radical (unpaired) electrons. The average Bonchev–Trinajstić information content (AvgIpc) is 3.21. The van der Waals surface area contributed by atoms with Gasteiger partial charge in [-0.2, -0.15) is 9.61 Å². The van der Waals surface area contributed by atoms with Crippen molar-refractivity contribution in [3.63, 3.8) is 0 Å². The number of thiophene rings is 1. The van der Waals surface area contributed by atoms with Gasteiger partial charge < -0.3 is 0 Å². The molecule has 1 aliphatic heterocycles. The quantitative estimate of drug-likeness (QED) is 0.516. The van der Waals surface area contributed by atoms with E-state index in [9.17, 15) is 0 Å². The van der Waals surface area contributed by atoms with Gasteiger partial charge in [-0.1, -0.05) is 37.3 Å². The van der Waals surface area contributed by atoms with Crippen molar-refractivity contribution in [1.29, 1.82) is 0 Å². The van der Waals surface area contributed by atoms with Crippen LogP contribution in [-0.2, 0) is 12.8 Å². The Morgan fingerprint density at radius 3 is 2.84 bits per heavy atom. The van der Waals surface area contributed by atoms with Gasteiger partial charge in [0.2, 0.25) is 0 Å². The second-order valence-electron chi connectivity index (χ2n) is 6.04. The van der Waals surface area contributed by atoms with E-state index in [0.717, 1.165) is 41.3 Å². The van der Waals surface area contributed by atoms with Crippen LogP contribution in [0.5, 0.6) is 0 Å². The third-order valence-electron chi connectivity index (χ3n) is 4.46. The molecule has 124 valence electrons. The maximum Gasteiger partial charge on any atom is 0.185 e. The van der Waals surface area contributed by atoms with E-state index in [1.165, 1.54) is 20.2 Å². The van der Waals surface area contributed by atoms with Gasteiger partial charge in [0.05, 0.1) is 9.90 Å². The molecular weight excluding hydrogens is 348 g/mol. The Balaban J connectivity index is 1.76. The number of aryl methyl sites for hydroxylation is 2. The van der Waals surface area contributed by atoms with E-state index in [0.29, 0.717) is 0 Å². The van der Waals surface area contributed by atoms with Gasteiger partial charge in [0, 0.05) is 21.8 Å². The fourth-order valence-corrected chi connectivity index (χ4v) is 5.63. The number of hydrogen-bond donors (Lipinski definition) is 0. The summed E-state index contributed by atoms with van der Waals surface area (Å²) in [7, 11) is 0. The summed E-state index contributed by atoms with van der Waals surface area (Å²) in [5.74, 6) is 1.88. The van der Waals surface area contributed by atoms with Gasteiger partial charge >= 0.3 is 0 Å². The highest BCUT2D eigenvalue weighted by Gasteiger charge is 2.22. The van der Waals surface area contributed by atoms with Crippen molar-refractivity contribution >= 4 is 28.7 Å². The fraction of sp³-hybridized carbons (Fsp3) is 0.211. The van der Waals surface area contributed by atoms with Crippen molar-refractivity contribution in [1.82, 2.24) is 19.8 Å². The van der Waals surface area contributed by atoms with Crippen LogP contribution in [-0.4, -0.2) is 25.6 Å². The number of fused-ring (bicyclic) bond motifs is 4. The van der Waals surface area contributed by atoms with E-state index in [4.69, 9.17) is 5.10 Å². The molecule has 0 N–H and O–H groups in total. The van der Waals surface area contributed by atoms with Gasteiger partial charge in [0.25, 0.3) is 0 Å². The molecule has 0 atom stereocenters. The van der Waals surface area contributed by atoms with E-state index in [1.807, 2.05) is 57.9 Å². The molecule has 0 saturated carbocycles. The van der Waals surface area contributed by atoms with E-state index >= 15 is 0 Å². The van der Waals surface area contributed by atoms with Crippen molar-refractivity contribution in [3.8, 4) is 22.6 Å². The molecule has 25 heavy (non-hydrogen) atoms. The van der Waals surface area contributed by atoms with Crippen LogP contribution in [0.1, 0.15) is 17.4 Å². The number of nitrogens with zero attached hydrogens (tertiary/aromatic N) is 4. The first kappa shape index (κ1) is 15.1. The minimum Gasteiger partial charge on any atom is -0.192 e. The molecule has 4 nitrogen and oxygen atoms in total. The zero-order valence-corrected chi connectivity index (χ0v) is 15.4. The van der Waals surface area contributed by atoms with Crippen LogP contribution in [0, 0.1) is 0 Å². The lowest BCUT2D eigenvalue weighted by Crippen LogP contribution is -2.01. The predicted molar refractivity (Wildman–Crippen MR) is 103 cm³/mol. The van der Waals surface area contributed by atoms with Crippen LogP contribution < -0.4 is 0 Å². The van der Waals surface area contributed by atoms with Crippen molar-refractivity contribution in [3.05, 3.63) is 52.9 Å². The van der Waals surface area contributed by atoms with Crippen molar-refractivity contribution in [2.24, 2.45) is 0 Å². The van der Waals surface area contributed by atoms with Crippen LogP contribution in [0.25, 0.3) is 28.3 Å². The summed E-state index contributed by atoms with van der Waals surface area (Å²) < 4.78 is 3.27. The Labute approximate surface area is 153 Å². The Kier molecular flexibility index (Phi) is 3.60. The molecule has 0 spiro atoms. The number of hydrogen-bond acceptors (Lipinski definition) is 5. The van der Waals surface area contributed by atoms with Gasteiger partial charge in [-0.15, -0.1) is 33.3 Å². The second kappa shape index (κ2) is 5.97.